The molecule has 7 heteroatoms. The van der Waals surface area contributed by atoms with Crippen LogP contribution in [0.3, 0.4) is 0 Å². The second-order valence-corrected chi connectivity index (χ2v) is 5.06. The Morgan fingerprint density at radius 2 is 2.17 bits per heavy atom. The molecule has 1 aliphatic rings. The molecule has 5 N–H and O–H groups in total. The van der Waals surface area contributed by atoms with Gasteiger partial charge in [0.1, 0.15) is 6.07 Å². The van der Waals surface area contributed by atoms with Crippen LogP contribution in [-0.2, 0) is 6.42 Å². The van der Waals surface area contributed by atoms with Crippen LogP contribution in [0.5, 0.6) is 11.5 Å². The van der Waals surface area contributed by atoms with Crippen LogP contribution in [0.2, 0.25) is 0 Å². The molecule has 0 saturated carbocycles. The summed E-state index contributed by atoms with van der Waals surface area (Å²) in [6.07, 6.45) is 3.69. The van der Waals surface area contributed by atoms with Gasteiger partial charge in [0.15, 0.2) is 11.5 Å². The minimum atomic E-state index is 0.143. The van der Waals surface area contributed by atoms with Crippen molar-refractivity contribution in [3.8, 4) is 17.6 Å². The van der Waals surface area contributed by atoms with Crippen molar-refractivity contribution in [3.63, 3.8) is 0 Å². The standard InChI is InChI=1S/C17H21N5O2/c1-21-9-12(8-19)14(20)7-11-3-4-13(15(22-2)5-6-18)17-16(11)23-10-24-17/h3-5,9,22H,6-7,10,18,20H2,1-2H3/b14-12?,15-5-,21-9?. The van der Waals surface area contributed by atoms with Crippen LogP contribution in [-0.4, -0.2) is 33.6 Å². The van der Waals surface area contributed by atoms with Gasteiger partial charge in [0.25, 0.3) is 0 Å². The van der Waals surface area contributed by atoms with E-state index in [0.717, 1.165) is 16.8 Å². The predicted octanol–water partition coefficient (Wildman–Crippen LogP) is 0.914. The van der Waals surface area contributed by atoms with E-state index in [0.29, 0.717) is 35.7 Å². The van der Waals surface area contributed by atoms with E-state index in [2.05, 4.69) is 10.3 Å². The van der Waals surface area contributed by atoms with Gasteiger partial charge in [0.05, 0.1) is 5.57 Å². The van der Waals surface area contributed by atoms with Crippen molar-refractivity contribution >= 4 is 11.9 Å². The number of benzene rings is 1. The van der Waals surface area contributed by atoms with Crippen LogP contribution in [0.4, 0.5) is 0 Å². The number of fused-ring (bicyclic) bond motifs is 1. The third-order valence-corrected chi connectivity index (χ3v) is 3.59. The molecule has 0 saturated heterocycles. The van der Waals surface area contributed by atoms with Crippen molar-refractivity contribution in [2.24, 2.45) is 16.5 Å². The molecule has 7 nitrogen and oxygen atoms in total. The van der Waals surface area contributed by atoms with E-state index in [-0.39, 0.29) is 6.79 Å². The Labute approximate surface area is 141 Å². The minimum absolute atomic E-state index is 0.143. The van der Waals surface area contributed by atoms with E-state index >= 15 is 0 Å². The summed E-state index contributed by atoms with van der Waals surface area (Å²) in [5, 5.41) is 12.2. The summed E-state index contributed by atoms with van der Waals surface area (Å²) in [4.78, 5) is 3.84. The van der Waals surface area contributed by atoms with Crippen LogP contribution in [0, 0.1) is 11.3 Å². The molecule has 1 aliphatic heterocycles. The Morgan fingerprint density at radius 3 is 2.79 bits per heavy atom. The van der Waals surface area contributed by atoms with Crippen LogP contribution >= 0.6 is 0 Å². The zero-order valence-electron chi connectivity index (χ0n) is 13.8. The Hall–Kier alpha value is -2.98. The van der Waals surface area contributed by atoms with E-state index in [1.165, 1.54) is 6.21 Å². The van der Waals surface area contributed by atoms with Crippen molar-refractivity contribution < 1.29 is 9.47 Å². The molecule has 0 fully saturated rings. The fourth-order valence-corrected chi connectivity index (χ4v) is 2.48. The molecule has 24 heavy (non-hydrogen) atoms. The van der Waals surface area contributed by atoms with Crippen LogP contribution in [0.1, 0.15) is 11.1 Å². The average Bonchev–Trinajstić information content (AvgIpc) is 3.08. The molecule has 0 spiro atoms. The summed E-state index contributed by atoms with van der Waals surface area (Å²) in [6, 6.07) is 5.88. The molecule has 0 atom stereocenters. The maximum atomic E-state index is 9.14. The first-order valence-corrected chi connectivity index (χ1v) is 7.46. The lowest BCUT2D eigenvalue weighted by molar-refractivity contribution is 0.173. The zero-order valence-corrected chi connectivity index (χ0v) is 13.8. The Morgan fingerprint density at radius 1 is 1.42 bits per heavy atom. The molecule has 0 amide bonds. The summed E-state index contributed by atoms with van der Waals surface area (Å²) < 4.78 is 11.2. The van der Waals surface area contributed by atoms with Gasteiger partial charge in [-0.3, -0.25) is 4.99 Å². The Balaban J connectivity index is 2.44. The van der Waals surface area contributed by atoms with Crippen molar-refractivity contribution in [1.82, 2.24) is 5.32 Å². The number of nitrogens with zero attached hydrogens (tertiary/aromatic N) is 2. The molecule has 126 valence electrons. The Bertz CT molecular complexity index is 744. The first-order valence-electron chi connectivity index (χ1n) is 7.46. The summed E-state index contributed by atoms with van der Waals surface area (Å²) in [5.41, 5.74) is 15.0. The highest BCUT2D eigenvalue weighted by Gasteiger charge is 2.23. The van der Waals surface area contributed by atoms with Gasteiger partial charge in [0, 0.05) is 55.8 Å². The number of aliphatic imine (C=N–C) groups is 1. The molecule has 0 aromatic heterocycles. The highest BCUT2D eigenvalue weighted by molar-refractivity contribution is 5.84. The fourth-order valence-electron chi connectivity index (χ4n) is 2.48. The van der Waals surface area contributed by atoms with E-state index < -0.39 is 0 Å². The number of nitrogens with one attached hydrogen (secondary N) is 1. The van der Waals surface area contributed by atoms with Gasteiger partial charge in [-0.25, -0.2) is 0 Å². The molecule has 2 rings (SSSR count). The number of hydrogen-bond acceptors (Lipinski definition) is 7. The molecule has 1 heterocycles. The van der Waals surface area contributed by atoms with Gasteiger partial charge in [-0.05, 0) is 12.1 Å². The SMILES string of the molecule is CN=CC(C#N)=C(N)Cc1ccc(/C(=C/CN)NC)c2c1OCO2. The molecule has 0 bridgehead atoms. The van der Waals surface area contributed by atoms with Gasteiger partial charge in [-0.1, -0.05) is 6.07 Å². The number of nitrogens with two attached hydrogens (primary N) is 2. The number of rotatable bonds is 6. The van der Waals surface area contributed by atoms with E-state index in [1.807, 2.05) is 31.3 Å². The molecule has 0 radical (unpaired) electrons. The lowest BCUT2D eigenvalue weighted by atomic mass is 10.0. The highest BCUT2D eigenvalue weighted by atomic mass is 16.7. The average molecular weight is 327 g/mol. The van der Waals surface area contributed by atoms with Gasteiger partial charge in [-0.15, -0.1) is 0 Å². The minimum Gasteiger partial charge on any atom is -0.453 e. The molecule has 0 unspecified atom stereocenters. The normalized spacial score (nSPS) is 14.5. The molecular formula is C17H21N5O2. The van der Waals surface area contributed by atoms with Gasteiger partial charge < -0.3 is 26.3 Å². The lowest BCUT2D eigenvalue weighted by Gasteiger charge is -2.13. The number of ether oxygens (including phenoxy) is 2. The topological polar surface area (TPSA) is 119 Å². The molecule has 1 aromatic rings. The first-order chi connectivity index (χ1) is 11.7. The third kappa shape index (κ3) is 3.50. The van der Waals surface area contributed by atoms with Crippen LogP contribution in [0.25, 0.3) is 5.70 Å². The smallest absolute Gasteiger partial charge is 0.231 e. The second-order valence-electron chi connectivity index (χ2n) is 5.06. The van der Waals surface area contributed by atoms with Crippen molar-refractivity contribution in [2.75, 3.05) is 27.4 Å². The zero-order chi connectivity index (χ0) is 17.5. The van der Waals surface area contributed by atoms with Gasteiger partial charge in [0.2, 0.25) is 6.79 Å². The summed E-state index contributed by atoms with van der Waals surface area (Å²) in [6.45, 7) is 0.551. The quantitative estimate of drug-likeness (QED) is 0.528. The lowest BCUT2D eigenvalue weighted by Crippen LogP contribution is -2.09. The van der Waals surface area contributed by atoms with E-state index in [4.69, 9.17) is 26.2 Å². The van der Waals surface area contributed by atoms with Crippen molar-refractivity contribution in [2.45, 2.75) is 6.42 Å². The third-order valence-electron chi connectivity index (χ3n) is 3.59. The monoisotopic (exact) mass is 327 g/mol. The summed E-state index contributed by atoms with van der Waals surface area (Å²) >= 11 is 0. The maximum Gasteiger partial charge on any atom is 0.231 e. The first kappa shape index (κ1) is 17.4. The molecular weight excluding hydrogens is 306 g/mol. The summed E-state index contributed by atoms with van der Waals surface area (Å²) in [7, 11) is 3.42. The predicted molar refractivity (Wildman–Crippen MR) is 93.6 cm³/mol. The van der Waals surface area contributed by atoms with Crippen LogP contribution < -0.4 is 26.3 Å². The Kier molecular flexibility index (Phi) is 5.82. The molecule has 0 aliphatic carbocycles. The van der Waals surface area contributed by atoms with E-state index in [1.54, 1.807) is 7.05 Å². The summed E-state index contributed by atoms with van der Waals surface area (Å²) in [5.74, 6) is 1.29. The molecule has 1 aromatic carbocycles. The van der Waals surface area contributed by atoms with Crippen molar-refractivity contribution in [3.05, 3.63) is 40.6 Å². The fraction of sp³-hybridized carbons (Fsp3) is 0.294. The highest BCUT2D eigenvalue weighted by Crippen LogP contribution is 2.41. The maximum absolute atomic E-state index is 9.14. The number of nitriles is 1. The van der Waals surface area contributed by atoms with Gasteiger partial charge >= 0.3 is 0 Å². The largest absolute Gasteiger partial charge is 0.453 e. The number of hydrogen-bond donors (Lipinski definition) is 3. The van der Waals surface area contributed by atoms with Crippen LogP contribution in [0.15, 0.2) is 34.5 Å². The van der Waals surface area contributed by atoms with E-state index in [9.17, 15) is 0 Å². The van der Waals surface area contributed by atoms with Crippen molar-refractivity contribution in [1.29, 1.82) is 5.26 Å². The van der Waals surface area contributed by atoms with Gasteiger partial charge in [-0.2, -0.15) is 5.26 Å². The second kappa shape index (κ2) is 8.04. The number of allylic oxidation sites excluding steroid dienone is 2.